The fourth-order valence-corrected chi connectivity index (χ4v) is 5.23. The minimum absolute atomic E-state index is 0.0222. The van der Waals surface area contributed by atoms with Gasteiger partial charge in [0.25, 0.3) is 17.7 Å². The van der Waals surface area contributed by atoms with E-state index in [1.54, 1.807) is 66.7 Å². The zero-order valence-electron chi connectivity index (χ0n) is 22.2. The number of para-hydroxylation sites is 1. The van der Waals surface area contributed by atoms with Crippen LogP contribution >= 0.6 is 23.1 Å². The predicted octanol–water partition coefficient (Wildman–Crippen LogP) is 5.12. The van der Waals surface area contributed by atoms with Gasteiger partial charge < -0.3 is 16.0 Å². The van der Waals surface area contributed by atoms with Crippen molar-refractivity contribution in [1.29, 1.82) is 0 Å². The van der Waals surface area contributed by atoms with E-state index in [-0.39, 0.29) is 29.7 Å². The third-order valence-corrected chi connectivity index (χ3v) is 7.64. The standard InChI is InChI=1S/C31H25N5O4S2/c37-28(34-27-18-29(38)36(35-27)24-9-5-2-6-10-24)20-42-25-13-11-23(12-14-25)32-31(40)26(17-21-15-16-41-19-21)33-30(39)22-7-3-1-4-8-22/h1-17,19H,18,20H2,(H,32,40)(H,33,39)(H,34,35,37)/b26-17-. The van der Waals surface area contributed by atoms with Crippen LogP contribution in [-0.2, 0) is 14.4 Å². The summed E-state index contributed by atoms with van der Waals surface area (Å²) in [6.07, 6.45) is 1.64. The maximum absolute atomic E-state index is 13.1. The van der Waals surface area contributed by atoms with E-state index in [1.807, 2.05) is 41.1 Å². The van der Waals surface area contributed by atoms with Crippen LogP contribution in [0.1, 0.15) is 22.3 Å². The van der Waals surface area contributed by atoms with Gasteiger partial charge in [0.1, 0.15) is 11.5 Å². The van der Waals surface area contributed by atoms with Crippen molar-refractivity contribution in [3.63, 3.8) is 0 Å². The molecule has 0 spiro atoms. The summed E-state index contributed by atoms with van der Waals surface area (Å²) < 4.78 is 0. The Bertz CT molecular complexity index is 1640. The van der Waals surface area contributed by atoms with Crippen molar-refractivity contribution in [3.05, 3.63) is 119 Å². The first-order valence-electron chi connectivity index (χ1n) is 12.8. The Balaban J connectivity index is 1.16. The van der Waals surface area contributed by atoms with Crippen LogP contribution < -0.4 is 21.0 Å². The highest BCUT2D eigenvalue weighted by Crippen LogP contribution is 2.22. The molecule has 2 heterocycles. The minimum atomic E-state index is -0.471. The Morgan fingerprint density at radius 3 is 2.31 bits per heavy atom. The topological polar surface area (TPSA) is 120 Å². The fourth-order valence-electron chi connectivity index (χ4n) is 3.92. The number of amidine groups is 1. The van der Waals surface area contributed by atoms with Crippen LogP contribution in [0.25, 0.3) is 6.08 Å². The molecular weight excluding hydrogens is 571 g/mol. The number of hydrazone groups is 1. The number of thioether (sulfide) groups is 1. The van der Waals surface area contributed by atoms with Crippen LogP contribution in [0.2, 0.25) is 0 Å². The average Bonchev–Trinajstić information content (AvgIpc) is 3.66. The van der Waals surface area contributed by atoms with E-state index >= 15 is 0 Å². The quantitative estimate of drug-likeness (QED) is 0.183. The van der Waals surface area contributed by atoms with Crippen molar-refractivity contribution in [3.8, 4) is 0 Å². The van der Waals surface area contributed by atoms with Crippen molar-refractivity contribution >= 4 is 70.0 Å². The van der Waals surface area contributed by atoms with E-state index in [0.29, 0.717) is 22.8 Å². The van der Waals surface area contributed by atoms with Crippen molar-refractivity contribution in [2.75, 3.05) is 16.1 Å². The second-order valence-electron chi connectivity index (χ2n) is 9.01. The number of carbonyl (C=O) groups is 4. The van der Waals surface area contributed by atoms with Crippen LogP contribution in [0.5, 0.6) is 0 Å². The number of nitrogens with zero attached hydrogens (tertiary/aromatic N) is 2. The number of anilines is 2. The van der Waals surface area contributed by atoms with E-state index in [1.165, 1.54) is 28.1 Å². The molecule has 1 aromatic heterocycles. The average molecular weight is 596 g/mol. The lowest BCUT2D eigenvalue weighted by molar-refractivity contribution is -0.117. The molecule has 3 aromatic carbocycles. The summed E-state index contributed by atoms with van der Waals surface area (Å²) >= 11 is 2.79. The molecule has 4 amide bonds. The van der Waals surface area contributed by atoms with Gasteiger partial charge in [-0.15, -0.1) is 11.8 Å². The lowest BCUT2D eigenvalue weighted by atomic mass is 10.2. The second-order valence-corrected chi connectivity index (χ2v) is 10.8. The summed E-state index contributed by atoms with van der Waals surface area (Å²) in [7, 11) is 0. The van der Waals surface area contributed by atoms with Crippen molar-refractivity contribution in [1.82, 2.24) is 10.6 Å². The molecule has 5 rings (SSSR count). The number of rotatable bonds is 9. The van der Waals surface area contributed by atoms with Crippen LogP contribution in [-0.4, -0.2) is 35.2 Å². The van der Waals surface area contributed by atoms with Gasteiger partial charge in [0.05, 0.1) is 17.9 Å². The van der Waals surface area contributed by atoms with E-state index < -0.39 is 11.8 Å². The molecule has 0 bridgehead atoms. The highest BCUT2D eigenvalue weighted by Gasteiger charge is 2.26. The number of amides is 4. The number of benzene rings is 3. The van der Waals surface area contributed by atoms with Gasteiger partial charge in [0.15, 0.2) is 0 Å². The SMILES string of the molecule is O=C(CSc1ccc(NC(=O)/C(=C/c2ccsc2)NC(=O)c2ccccc2)cc1)NC1=NN(c2ccccc2)C(=O)C1. The zero-order chi connectivity index (χ0) is 29.3. The highest BCUT2D eigenvalue weighted by molar-refractivity contribution is 8.00. The van der Waals surface area contributed by atoms with Crippen LogP contribution in [0.4, 0.5) is 11.4 Å². The van der Waals surface area contributed by atoms with E-state index in [2.05, 4.69) is 21.1 Å². The zero-order valence-corrected chi connectivity index (χ0v) is 23.8. The van der Waals surface area contributed by atoms with Crippen molar-refractivity contribution in [2.24, 2.45) is 5.10 Å². The molecule has 0 fully saturated rings. The Hall–Kier alpha value is -5.00. The van der Waals surface area contributed by atoms with Gasteiger partial charge in [-0.05, 0) is 77.0 Å². The highest BCUT2D eigenvalue weighted by atomic mass is 32.2. The van der Waals surface area contributed by atoms with Gasteiger partial charge in [-0.2, -0.15) is 21.4 Å². The molecule has 210 valence electrons. The van der Waals surface area contributed by atoms with Crippen LogP contribution in [0.15, 0.2) is 117 Å². The largest absolute Gasteiger partial charge is 0.321 e. The van der Waals surface area contributed by atoms with Gasteiger partial charge in [-0.25, -0.2) is 0 Å². The number of thiophene rings is 1. The smallest absolute Gasteiger partial charge is 0.272 e. The van der Waals surface area contributed by atoms with E-state index in [4.69, 9.17) is 0 Å². The first-order valence-corrected chi connectivity index (χ1v) is 14.8. The number of hydrogen-bond donors (Lipinski definition) is 3. The summed E-state index contributed by atoms with van der Waals surface area (Å²) in [5.41, 5.74) is 2.51. The van der Waals surface area contributed by atoms with Gasteiger partial charge in [-0.3, -0.25) is 19.2 Å². The maximum atomic E-state index is 13.1. The summed E-state index contributed by atoms with van der Waals surface area (Å²) in [5, 5.41) is 17.5. The number of carbonyl (C=O) groups excluding carboxylic acids is 4. The van der Waals surface area contributed by atoms with Gasteiger partial charge >= 0.3 is 0 Å². The molecule has 42 heavy (non-hydrogen) atoms. The minimum Gasteiger partial charge on any atom is -0.321 e. The lowest BCUT2D eigenvalue weighted by Gasteiger charge is -2.11. The predicted molar refractivity (Wildman–Crippen MR) is 166 cm³/mol. The Kier molecular flexibility index (Phi) is 9.22. The van der Waals surface area contributed by atoms with Crippen molar-refractivity contribution < 1.29 is 19.2 Å². The van der Waals surface area contributed by atoms with E-state index in [9.17, 15) is 19.2 Å². The molecule has 9 nitrogen and oxygen atoms in total. The molecule has 0 saturated heterocycles. The third kappa shape index (κ3) is 7.59. The second kappa shape index (κ2) is 13.6. The lowest BCUT2D eigenvalue weighted by Crippen LogP contribution is -2.31. The van der Waals surface area contributed by atoms with Gasteiger partial charge in [0.2, 0.25) is 5.91 Å². The first-order chi connectivity index (χ1) is 20.4. The third-order valence-electron chi connectivity index (χ3n) is 5.93. The monoisotopic (exact) mass is 595 g/mol. The Labute approximate surface area is 250 Å². The molecule has 1 aliphatic rings. The van der Waals surface area contributed by atoms with Gasteiger partial charge in [-0.1, -0.05) is 36.4 Å². The summed E-state index contributed by atoms with van der Waals surface area (Å²) in [6.45, 7) is 0. The van der Waals surface area contributed by atoms with E-state index in [0.717, 1.165) is 10.5 Å². The van der Waals surface area contributed by atoms with Gasteiger partial charge in [0, 0.05) is 16.1 Å². The van der Waals surface area contributed by atoms with Crippen LogP contribution in [0, 0.1) is 0 Å². The first kappa shape index (κ1) is 28.5. The molecule has 0 unspecified atom stereocenters. The Morgan fingerprint density at radius 1 is 0.905 bits per heavy atom. The molecular formula is C31H25N5O4S2. The molecule has 11 heteroatoms. The summed E-state index contributed by atoms with van der Waals surface area (Å²) in [6, 6.07) is 26.5. The Morgan fingerprint density at radius 2 is 1.62 bits per heavy atom. The molecule has 0 saturated carbocycles. The molecule has 4 aromatic rings. The molecule has 3 N–H and O–H groups in total. The van der Waals surface area contributed by atoms with Crippen LogP contribution in [0.3, 0.4) is 0 Å². The summed E-state index contributed by atoms with van der Waals surface area (Å²) in [5.74, 6) is -0.938. The molecule has 0 radical (unpaired) electrons. The number of hydrogen-bond acceptors (Lipinski definition) is 7. The fraction of sp³-hybridized carbons (Fsp3) is 0.0645. The maximum Gasteiger partial charge on any atom is 0.272 e. The summed E-state index contributed by atoms with van der Waals surface area (Å²) in [4.78, 5) is 51.4. The normalized spacial score (nSPS) is 13.0. The molecule has 1 aliphatic heterocycles. The number of nitrogens with one attached hydrogen (secondary N) is 3. The molecule has 0 atom stereocenters. The molecule has 0 aliphatic carbocycles. The van der Waals surface area contributed by atoms with Crippen molar-refractivity contribution in [2.45, 2.75) is 11.3 Å².